The van der Waals surface area contributed by atoms with E-state index in [2.05, 4.69) is 5.32 Å². The second kappa shape index (κ2) is 11.5. The summed E-state index contributed by atoms with van der Waals surface area (Å²) in [5.74, 6) is -1.03. The van der Waals surface area contributed by atoms with E-state index in [4.69, 9.17) is 32.7 Å². The summed E-state index contributed by atoms with van der Waals surface area (Å²) in [6, 6.07) is 4.65. The highest BCUT2D eigenvalue weighted by atomic mass is 35.5. The number of hydrogen-bond donors (Lipinski definition) is 1. The van der Waals surface area contributed by atoms with Crippen LogP contribution in [0.15, 0.2) is 18.2 Å². The molecular weight excluding hydrogens is 475 g/mol. The van der Waals surface area contributed by atoms with E-state index in [1.54, 1.807) is 37.8 Å². The molecule has 0 saturated heterocycles. The fourth-order valence-electron chi connectivity index (χ4n) is 2.88. The van der Waals surface area contributed by atoms with Crippen LogP contribution in [-0.2, 0) is 9.53 Å². The highest BCUT2D eigenvalue weighted by Crippen LogP contribution is 2.35. The molecule has 1 N–H and O–H groups in total. The number of amides is 2. The SMILES string of the molecule is CCN(CC)C(=O)c1sc(NC(=O)COc2ccc(Cl)cc2Cl)c(C(=O)OC(C)C)c1C. The molecule has 0 saturated carbocycles. The Kier molecular flexibility index (Phi) is 9.36. The van der Waals surface area contributed by atoms with Crippen LogP contribution in [-0.4, -0.2) is 48.5 Å². The lowest BCUT2D eigenvalue weighted by Gasteiger charge is -2.18. The van der Waals surface area contributed by atoms with Gasteiger partial charge in [-0.05, 0) is 58.4 Å². The lowest BCUT2D eigenvalue weighted by Crippen LogP contribution is -2.30. The first-order chi connectivity index (χ1) is 15.1. The van der Waals surface area contributed by atoms with E-state index in [0.717, 1.165) is 11.3 Å². The molecule has 0 atom stereocenters. The Morgan fingerprint density at radius 1 is 1.16 bits per heavy atom. The smallest absolute Gasteiger partial charge is 0.341 e. The van der Waals surface area contributed by atoms with E-state index in [1.165, 1.54) is 6.07 Å². The summed E-state index contributed by atoms with van der Waals surface area (Å²) >= 11 is 13.0. The zero-order valence-corrected chi connectivity index (χ0v) is 20.9. The number of thiophene rings is 1. The van der Waals surface area contributed by atoms with Crippen LogP contribution in [0.1, 0.15) is 53.3 Å². The van der Waals surface area contributed by atoms with Crippen LogP contribution in [0.25, 0.3) is 0 Å². The van der Waals surface area contributed by atoms with Crippen molar-refractivity contribution in [1.82, 2.24) is 4.90 Å². The molecule has 0 spiro atoms. The molecule has 1 heterocycles. The van der Waals surface area contributed by atoms with Gasteiger partial charge in [-0.1, -0.05) is 23.2 Å². The number of carbonyl (C=O) groups excluding carboxylic acids is 3. The summed E-state index contributed by atoms with van der Waals surface area (Å²) in [5, 5.41) is 3.62. The summed E-state index contributed by atoms with van der Waals surface area (Å²) < 4.78 is 10.8. The number of carbonyl (C=O) groups is 3. The van der Waals surface area contributed by atoms with E-state index in [1.807, 2.05) is 13.8 Å². The Hall–Kier alpha value is -2.29. The van der Waals surface area contributed by atoms with Crippen molar-refractivity contribution < 1.29 is 23.9 Å². The molecule has 1 aromatic carbocycles. The van der Waals surface area contributed by atoms with Gasteiger partial charge >= 0.3 is 5.97 Å². The average molecular weight is 501 g/mol. The summed E-state index contributed by atoms with van der Waals surface area (Å²) in [4.78, 5) is 40.2. The lowest BCUT2D eigenvalue weighted by atomic mass is 10.1. The number of hydrogen-bond acceptors (Lipinski definition) is 6. The second-order valence-corrected chi connectivity index (χ2v) is 8.97. The molecule has 174 valence electrons. The molecule has 0 bridgehead atoms. The highest BCUT2D eigenvalue weighted by Gasteiger charge is 2.28. The van der Waals surface area contributed by atoms with Crippen molar-refractivity contribution >= 4 is 57.3 Å². The number of benzene rings is 1. The maximum Gasteiger partial charge on any atom is 0.341 e. The van der Waals surface area contributed by atoms with Crippen molar-refractivity contribution in [2.75, 3.05) is 25.0 Å². The third kappa shape index (κ3) is 6.37. The molecule has 7 nitrogen and oxygen atoms in total. The van der Waals surface area contributed by atoms with Gasteiger partial charge in [0.1, 0.15) is 10.8 Å². The van der Waals surface area contributed by atoms with Crippen LogP contribution in [0.4, 0.5) is 5.00 Å². The summed E-state index contributed by atoms with van der Waals surface area (Å²) in [5.41, 5.74) is 0.631. The van der Waals surface area contributed by atoms with Gasteiger partial charge in [-0.15, -0.1) is 11.3 Å². The van der Waals surface area contributed by atoms with Gasteiger partial charge in [-0.3, -0.25) is 9.59 Å². The minimum atomic E-state index is -0.607. The van der Waals surface area contributed by atoms with Crippen LogP contribution < -0.4 is 10.1 Å². The first-order valence-corrected chi connectivity index (χ1v) is 11.7. The average Bonchev–Trinajstić information content (AvgIpc) is 3.03. The van der Waals surface area contributed by atoms with Crippen molar-refractivity contribution in [2.24, 2.45) is 0 Å². The van der Waals surface area contributed by atoms with Crippen molar-refractivity contribution in [1.29, 1.82) is 0 Å². The number of rotatable bonds is 9. The highest BCUT2D eigenvalue weighted by molar-refractivity contribution is 7.18. The van der Waals surface area contributed by atoms with E-state index < -0.39 is 11.9 Å². The maximum atomic E-state index is 12.9. The van der Waals surface area contributed by atoms with Gasteiger partial charge in [-0.2, -0.15) is 0 Å². The largest absolute Gasteiger partial charge is 0.482 e. The number of anilines is 1. The zero-order valence-electron chi connectivity index (χ0n) is 18.6. The first-order valence-electron chi connectivity index (χ1n) is 10.1. The fourth-order valence-corrected chi connectivity index (χ4v) is 4.52. The molecule has 10 heteroatoms. The summed E-state index contributed by atoms with van der Waals surface area (Å²) in [6.45, 7) is 9.57. The van der Waals surface area contributed by atoms with Gasteiger partial charge in [0.15, 0.2) is 6.61 Å². The van der Waals surface area contributed by atoms with E-state index >= 15 is 0 Å². The number of nitrogens with zero attached hydrogens (tertiary/aromatic N) is 1. The Morgan fingerprint density at radius 2 is 1.81 bits per heavy atom. The normalized spacial score (nSPS) is 10.8. The predicted octanol–water partition coefficient (Wildman–Crippen LogP) is 5.43. The van der Waals surface area contributed by atoms with Crippen LogP contribution in [0, 0.1) is 6.92 Å². The van der Waals surface area contributed by atoms with Crippen LogP contribution in [0.2, 0.25) is 10.0 Å². The van der Waals surface area contributed by atoms with Crippen molar-refractivity contribution in [3.8, 4) is 5.75 Å². The third-order valence-electron chi connectivity index (χ3n) is 4.44. The number of nitrogens with one attached hydrogen (secondary N) is 1. The molecule has 1 aromatic heterocycles. The lowest BCUT2D eigenvalue weighted by molar-refractivity contribution is -0.118. The monoisotopic (exact) mass is 500 g/mol. The molecule has 0 unspecified atom stereocenters. The first kappa shape index (κ1) is 26.0. The van der Waals surface area contributed by atoms with Crippen LogP contribution in [0.3, 0.4) is 0 Å². The van der Waals surface area contributed by atoms with Crippen molar-refractivity contribution in [3.05, 3.63) is 44.2 Å². The van der Waals surface area contributed by atoms with Gasteiger partial charge in [0, 0.05) is 18.1 Å². The van der Waals surface area contributed by atoms with Gasteiger partial charge in [-0.25, -0.2) is 4.79 Å². The maximum absolute atomic E-state index is 12.9. The fraction of sp³-hybridized carbons (Fsp3) is 0.409. The topological polar surface area (TPSA) is 84.9 Å². The Balaban J connectivity index is 2.29. The number of halogens is 2. The molecular formula is C22H26Cl2N2O5S. The molecule has 0 aliphatic carbocycles. The Morgan fingerprint density at radius 3 is 2.38 bits per heavy atom. The second-order valence-electron chi connectivity index (χ2n) is 7.10. The van der Waals surface area contributed by atoms with Gasteiger partial charge in [0.05, 0.1) is 21.6 Å². The standard InChI is InChI=1S/C22H26Cl2N2O5S/c1-6-26(7-2)21(28)19-13(5)18(22(29)31-12(3)4)20(32-19)25-17(27)11-30-16-9-8-14(23)10-15(16)24/h8-10,12H,6-7,11H2,1-5H3,(H,25,27). The van der Waals surface area contributed by atoms with E-state index in [9.17, 15) is 14.4 Å². The van der Waals surface area contributed by atoms with E-state index in [0.29, 0.717) is 34.3 Å². The van der Waals surface area contributed by atoms with Crippen molar-refractivity contribution in [3.63, 3.8) is 0 Å². The summed E-state index contributed by atoms with van der Waals surface area (Å²) in [6.07, 6.45) is -0.359. The molecule has 0 aliphatic rings. The molecule has 2 amide bonds. The third-order valence-corrected chi connectivity index (χ3v) is 6.17. The molecule has 0 fully saturated rings. The quantitative estimate of drug-likeness (QED) is 0.464. The molecule has 0 radical (unpaired) electrons. The number of ether oxygens (including phenoxy) is 2. The van der Waals surface area contributed by atoms with Crippen LogP contribution >= 0.6 is 34.5 Å². The molecule has 2 rings (SSSR count). The molecule has 0 aliphatic heterocycles. The molecule has 2 aromatic rings. The van der Waals surface area contributed by atoms with Crippen molar-refractivity contribution in [2.45, 2.75) is 40.7 Å². The Bertz CT molecular complexity index is 1000. The van der Waals surface area contributed by atoms with Crippen LogP contribution in [0.5, 0.6) is 5.75 Å². The zero-order chi connectivity index (χ0) is 24.0. The van der Waals surface area contributed by atoms with Gasteiger partial charge < -0.3 is 19.7 Å². The van der Waals surface area contributed by atoms with E-state index in [-0.39, 0.29) is 34.2 Å². The molecule has 32 heavy (non-hydrogen) atoms. The predicted molar refractivity (Wildman–Crippen MR) is 127 cm³/mol. The van der Waals surface area contributed by atoms with Gasteiger partial charge in [0.25, 0.3) is 11.8 Å². The Labute approximate surface area is 201 Å². The number of esters is 1. The minimum Gasteiger partial charge on any atom is -0.482 e. The summed E-state index contributed by atoms with van der Waals surface area (Å²) in [7, 11) is 0. The van der Waals surface area contributed by atoms with Gasteiger partial charge in [0.2, 0.25) is 0 Å². The minimum absolute atomic E-state index is 0.164.